The zero-order valence-corrected chi connectivity index (χ0v) is 16.5. The third kappa shape index (κ3) is 4.25. The van der Waals surface area contributed by atoms with Gasteiger partial charge in [0, 0.05) is 36.3 Å². The van der Waals surface area contributed by atoms with Gasteiger partial charge < -0.3 is 15.1 Å². The molecule has 1 aliphatic rings. The number of halogens is 1. The van der Waals surface area contributed by atoms with Gasteiger partial charge >= 0.3 is 11.8 Å². The fourth-order valence-electron chi connectivity index (χ4n) is 3.03. The molecule has 1 fully saturated rings. The molecule has 26 heavy (non-hydrogen) atoms. The van der Waals surface area contributed by atoms with Crippen molar-refractivity contribution in [2.45, 2.75) is 13.8 Å². The first-order valence-corrected chi connectivity index (χ1v) is 9.41. The second kappa shape index (κ2) is 7.91. The van der Waals surface area contributed by atoms with Crippen LogP contribution in [-0.2, 0) is 9.59 Å². The summed E-state index contributed by atoms with van der Waals surface area (Å²) in [5.41, 5.74) is 4.05. The minimum atomic E-state index is -0.599. The third-order valence-electron chi connectivity index (χ3n) is 4.50. The summed E-state index contributed by atoms with van der Waals surface area (Å²) in [6.45, 7) is 6.55. The van der Waals surface area contributed by atoms with Crippen molar-refractivity contribution in [2.24, 2.45) is 0 Å². The molecule has 3 rings (SSSR count). The number of nitrogens with one attached hydrogen (secondary N) is 1. The first-order chi connectivity index (χ1) is 12.4. The second-order valence-corrected chi connectivity index (χ2v) is 7.41. The lowest BCUT2D eigenvalue weighted by molar-refractivity contribution is -0.143. The van der Waals surface area contributed by atoms with Crippen LogP contribution in [-0.4, -0.2) is 42.9 Å². The van der Waals surface area contributed by atoms with Crippen molar-refractivity contribution < 1.29 is 9.59 Å². The van der Waals surface area contributed by atoms with Crippen LogP contribution < -0.4 is 10.2 Å². The smallest absolute Gasteiger partial charge is 0.313 e. The molecule has 1 aliphatic heterocycles. The molecule has 6 heteroatoms. The minimum Gasteiger partial charge on any atom is -0.368 e. The molecule has 2 amide bonds. The molecule has 0 bridgehead atoms. The first kappa shape index (κ1) is 18.5. The third-order valence-corrected chi connectivity index (χ3v) is 5.16. The molecule has 0 saturated carbocycles. The molecule has 0 aliphatic carbocycles. The van der Waals surface area contributed by atoms with Crippen LogP contribution in [0, 0.1) is 13.8 Å². The molecule has 2 aromatic carbocycles. The van der Waals surface area contributed by atoms with Crippen LogP contribution in [0.3, 0.4) is 0 Å². The fourth-order valence-corrected chi connectivity index (χ4v) is 3.63. The average Bonchev–Trinajstić information content (AvgIpc) is 2.63. The number of aryl methyl sites for hydroxylation is 2. The highest BCUT2D eigenvalue weighted by Gasteiger charge is 2.26. The summed E-state index contributed by atoms with van der Waals surface area (Å²) in [6.07, 6.45) is 0. The van der Waals surface area contributed by atoms with E-state index in [9.17, 15) is 9.59 Å². The Morgan fingerprint density at radius 1 is 0.962 bits per heavy atom. The van der Waals surface area contributed by atoms with Crippen molar-refractivity contribution >= 4 is 39.1 Å². The lowest BCUT2D eigenvalue weighted by atomic mass is 10.2. The Bertz CT molecular complexity index is 830. The Labute approximate surface area is 162 Å². The number of piperazine rings is 1. The van der Waals surface area contributed by atoms with Gasteiger partial charge in [0.05, 0.1) is 5.69 Å². The van der Waals surface area contributed by atoms with Crippen LogP contribution >= 0.6 is 15.9 Å². The highest BCUT2D eigenvalue weighted by molar-refractivity contribution is 9.10. The Balaban J connectivity index is 1.58. The van der Waals surface area contributed by atoms with E-state index in [4.69, 9.17) is 0 Å². The lowest BCUT2D eigenvalue weighted by Gasteiger charge is -2.35. The predicted molar refractivity (Wildman–Crippen MR) is 107 cm³/mol. The molecular formula is C20H22BrN3O2. The Kier molecular flexibility index (Phi) is 5.61. The molecule has 1 heterocycles. The van der Waals surface area contributed by atoms with Gasteiger partial charge in [0.25, 0.3) is 0 Å². The maximum Gasteiger partial charge on any atom is 0.313 e. The molecular weight excluding hydrogens is 394 g/mol. The van der Waals surface area contributed by atoms with Gasteiger partial charge in [-0.3, -0.25) is 9.59 Å². The number of hydrogen-bond donors (Lipinski definition) is 1. The van der Waals surface area contributed by atoms with E-state index in [0.29, 0.717) is 18.8 Å². The number of anilines is 2. The van der Waals surface area contributed by atoms with E-state index in [0.717, 1.165) is 28.8 Å². The van der Waals surface area contributed by atoms with Gasteiger partial charge in [0.15, 0.2) is 0 Å². The number of benzene rings is 2. The van der Waals surface area contributed by atoms with Gasteiger partial charge in [0.2, 0.25) is 0 Å². The van der Waals surface area contributed by atoms with Crippen LogP contribution in [0.4, 0.5) is 11.4 Å². The highest BCUT2D eigenvalue weighted by Crippen LogP contribution is 2.23. The molecule has 0 aromatic heterocycles. The van der Waals surface area contributed by atoms with Crippen molar-refractivity contribution in [1.82, 2.24) is 4.90 Å². The van der Waals surface area contributed by atoms with Crippen LogP contribution in [0.1, 0.15) is 11.1 Å². The standard InChI is InChI=1S/C20H22BrN3O2/c1-14-4-3-5-16(12-14)23-8-10-24(11-9-23)20(26)19(25)22-18-7-6-15(2)13-17(18)21/h3-7,12-13H,8-11H2,1-2H3,(H,22,25). The molecule has 0 radical (unpaired) electrons. The second-order valence-electron chi connectivity index (χ2n) is 6.56. The highest BCUT2D eigenvalue weighted by atomic mass is 79.9. The minimum absolute atomic E-state index is 0.485. The Morgan fingerprint density at radius 3 is 2.31 bits per heavy atom. The van der Waals surface area contributed by atoms with E-state index in [2.05, 4.69) is 51.3 Å². The first-order valence-electron chi connectivity index (χ1n) is 8.62. The maximum absolute atomic E-state index is 12.5. The van der Waals surface area contributed by atoms with Crippen molar-refractivity contribution in [2.75, 3.05) is 36.4 Å². The van der Waals surface area contributed by atoms with E-state index in [1.807, 2.05) is 25.1 Å². The summed E-state index contributed by atoms with van der Waals surface area (Å²) in [5.74, 6) is -1.08. The topological polar surface area (TPSA) is 52.7 Å². The number of carbonyl (C=O) groups excluding carboxylic acids is 2. The number of hydrogen-bond acceptors (Lipinski definition) is 3. The van der Waals surface area contributed by atoms with Crippen molar-refractivity contribution in [3.05, 3.63) is 58.1 Å². The van der Waals surface area contributed by atoms with E-state index in [-0.39, 0.29) is 0 Å². The molecule has 1 saturated heterocycles. The molecule has 0 unspecified atom stereocenters. The van der Waals surface area contributed by atoms with Crippen molar-refractivity contribution in [3.8, 4) is 0 Å². The van der Waals surface area contributed by atoms with E-state index in [1.54, 1.807) is 11.0 Å². The zero-order chi connectivity index (χ0) is 18.7. The summed E-state index contributed by atoms with van der Waals surface area (Å²) in [4.78, 5) is 28.6. The average molecular weight is 416 g/mol. The van der Waals surface area contributed by atoms with Gasteiger partial charge in [-0.15, -0.1) is 0 Å². The normalized spacial score (nSPS) is 14.3. The summed E-state index contributed by atoms with van der Waals surface area (Å²) >= 11 is 3.41. The van der Waals surface area contributed by atoms with Gasteiger partial charge in [-0.25, -0.2) is 0 Å². The summed E-state index contributed by atoms with van der Waals surface area (Å²) in [7, 11) is 0. The van der Waals surface area contributed by atoms with Crippen LogP contribution in [0.2, 0.25) is 0 Å². The largest absolute Gasteiger partial charge is 0.368 e. The zero-order valence-electron chi connectivity index (χ0n) is 15.0. The lowest BCUT2D eigenvalue weighted by Crippen LogP contribution is -2.51. The number of nitrogens with zero attached hydrogens (tertiary/aromatic N) is 2. The van der Waals surface area contributed by atoms with Gasteiger partial charge in [-0.05, 0) is 65.2 Å². The fraction of sp³-hybridized carbons (Fsp3) is 0.300. The van der Waals surface area contributed by atoms with Crippen LogP contribution in [0.25, 0.3) is 0 Å². The quantitative estimate of drug-likeness (QED) is 0.765. The van der Waals surface area contributed by atoms with Crippen LogP contribution in [0.15, 0.2) is 46.9 Å². The predicted octanol–water partition coefficient (Wildman–Crippen LogP) is 3.35. The summed E-state index contributed by atoms with van der Waals surface area (Å²) < 4.78 is 0.767. The summed E-state index contributed by atoms with van der Waals surface area (Å²) in [5, 5.41) is 2.69. The van der Waals surface area contributed by atoms with E-state index in [1.165, 1.54) is 5.56 Å². The molecule has 5 nitrogen and oxygen atoms in total. The molecule has 1 N–H and O–H groups in total. The monoisotopic (exact) mass is 415 g/mol. The van der Waals surface area contributed by atoms with Crippen molar-refractivity contribution in [3.63, 3.8) is 0 Å². The molecule has 2 aromatic rings. The number of carbonyl (C=O) groups is 2. The maximum atomic E-state index is 12.5. The van der Waals surface area contributed by atoms with Crippen molar-refractivity contribution in [1.29, 1.82) is 0 Å². The Hall–Kier alpha value is -2.34. The number of amides is 2. The van der Waals surface area contributed by atoms with E-state index >= 15 is 0 Å². The molecule has 0 spiro atoms. The number of rotatable bonds is 2. The summed E-state index contributed by atoms with van der Waals surface area (Å²) in [6, 6.07) is 13.9. The van der Waals surface area contributed by atoms with E-state index < -0.39 is 11.8 Å². The molecule has 0 atom stereocenters. The van der Waals surface area contributed by atoms with Gasteiger partial charge in [-0.2, -0.15) is 0 Å². The van der Waals surface area contributed by atoms with Gasteiger partial charge in [-0.1, -0.05) is 18.2 Å². The van der Waals surface area contributed by atoms with Gasteiger partial charge in [0.1, 0.15) is 0 Å². The Morgan fingerprint density at radius 2 is 1.65 bits per heavy atom. The SMILES string of the molecule is Cc1cccc(N2CCN(C(=O)C(=O)Nc3ccc(C)cc3Br)CC2)c1. The van der Waals surface area contributed by atoms with Crippen LogP contribution in [0.5, 0.6) is 0 Å². The molecule has 136 valence electrons.